The molecule has 2 aliphatic rings. The van der Waals surface area contributed by atoms with Crippen molar-refractivity contribution >= 4 is 71.9 Å². The van der Waals surface area contributed by atoms with Crippen molar-refractivity contribution in [2.45, 2.75) is 77.2 Å². The molecule has 1 saturated carbocycles. The molecule has 2 heterocycles. The van der Waals surface area contributed by atoms with Crippen LogP contribution in [0.15, 0.2) is 128 Å². The molecule has 0 spiro atoms. The van der Waals surface area contributed by atoms with E-state index in [0.717, 1.165) is 27.9 Å². The Morgan fingerprint density at radius 1 is 0.964 bits per heavy atom. The first kappa shape index (κ1) is 41.3. The van der Waals surface area contributed by atoms with Gasteiger partial charge in [-0.1, -0.05) is 136 Å². The second-order valence-electron chi connectivity index (χ2n) is 16.1. The molecule has 0 bridgehead atoms. The molecule has 1 aromatic heterocycles. The van der Waals surface area contributed by atoms with Crippen LogP contribution in [0.1, 0.15) is 52.5 Å². The van der Waals surface area contributed by atoms with Crippen LogP contribution in [-0.4, -0.2) is 60.0 Å². The molecule has 292 valence electrons. The SMILES string of the molecule is C=CCOC(=O)C(N1C(=O)[C@H]([C@@H](C)O[Si](C)(C)C(C)(C)C)[C@H]1[C@H]1CCCC(=Cc2ccnc(Cl)c2)C1=O)=P(c1ccccc1)(c1ccccc1)c1ccccc1. The van der Waals surface area contributed by atoms with Crippen LogP contribution in [0, 0.1) is 11.8 Å². The van der Waals surface area contributed by atoms with Gasteiger partial charge in [-0.25, -0.2) is 9.78 Å². The lowest BCUT2D eigenvalue weighted by molar-refractivity contribution is -0.162. The Morgan fingerprint density at radius 3 is 2.02 bits per heavy atom. The van der Waals surface area contributed by atoms with Gasteiger partial charge in [-0.3, -0.25) is 9.59 Å². The number of esters is 1. The van der Waals surface area contributed by atoms with Crippen molar-refractivity contribution in [3.05, 3.63) is 138 Å². The molecule has 0 radical (unpaired) electrons. The Balaban J connectivity index is 1.66. The van der Waals surface area contributed by atoms with E-state index in [-0.39, 0.29) is 28.8 Å². The van der Waals surface area contributed by atoms with Crippen LogP contribution in [-0.2, 0) is 23.5 Å². The molecular weight excluding hydrogens is 755 g/mol. The molecule has 10 heteroatoms. The summed E-state index contributed by atoms with van der Waals surface area (Å²) in [6, 6.07) is 32.7. The van der Waals surface area contributed by atoms with Gasteiger partial charge in [-0.05, 0) is 89.6 Å². The van der Waals surface area contributed by atoms with E-state index >= 15 is 9.59 Å². The van der Waals surface area contributed by atoms with Gasteiger partial charge in [0.1, 0.15) is 17.2 Å². The number of carbonyl (C=O) groups is 3. The molecule has 6 rings (SSSR count). The number of halogens is 1. The van der Waals surface area contributed by atoms with Gasteiger partial charge in [-0.2, -0.15) is 0 Å². The number of hydrogen-bond acceptors (Lipinski definition) is 6. The highest BCUT2D eigenvalue weighted by Gasteiger charge is 2.60. The Kier molecular flexibility index (Phi) is 12.6. The summed E-state index contributed by atoms with van der Waals surface area (Å²) < 4.78 is 13.0. The third kappa shape index (κ3) is 7.95. The first-order valence-electron chi connectivity index (χ1n) is 19.3. The summed E-state index contributed by atoms with van der Waals surface area (Å²) in [6.45, 7) is 13.4. The second-order valence-corrected chi connectivity index (χ2v) is 24.6. The molecule has 0 unspecified atom stereocenters. The molecule has 0 N–H and O–H groups in total. The van der Waals surface area contributed by atoms with Crippen molar-refractivity contribution in [3.8, 4) is 0 Å². The van der Waals surface area contributed by atoms with Crippen molar-refractivity contribution < 1.29 is 23.5 Å². The van der Waals surface area contributed by atoms with Gasteiger partial charge in [0.25, 0.3) is 0 Å². The predicted octanol–water partition coefficient (Wildman–Crippen LogP) is 8.58. The van der Waals surface area contributed by atoms with Gasteiger partial charge in [-0.15, -0.1) is 0 Å². The van der Waals surface area contributed by atoms with Crippen LogP contribution in [0.25, 0.3) is 6.08 Å². The molecular formula is C46H52ClN2O5PSi. The number of likely N-dealkylation sites (tertiary alicyclic amines) is 1. The Hall–Kier alpha value is -4.33. The number of hydrogen-bond donors (Lipinski definition) is 0. The van der Waals surface area contributed by atoms with Crippen LogP contribution in [0.5, 0.6) is 0 Å². The Bertz CT molecular complexity index is 2060. The maximum atomic E-state index is 15.4. The predicted molar refractivity (Wildman–Crippen MR) is 233 cm³/mol. The van der Waals surface area contributed by atoms with E-state index < -0.39 is 45.2 Å². The first-order valence-corrected chi connectivity index (χ1v) is 24.4. The average Bonchev–Trinajstić information content (AvgIpc) is 3.17. The van der Waals surface area contributed by atoms with E-state index in [1.54, 1.807) is 17.2 Å². The lowest BCUT2D eigenvalue weighted by Crippen LogP contribution is -2.72. The number of allylic oxidation sites excluding steroid dienone is 1. The fourth-order valence-electron chi connectivity index (χ4n) is 7.95. The van der Waals surface area contributed by atoms with E-state index in [9.17, 15) is 4.79 Å². The number of amides is 1. The molecule has 3 aromatic carbocycles. The minimum Gasteiger partial charge on any atom is -0.457 e. The first-order chi connectivity index (χ1) is 26.7. The van der Waals surface area contributed by atoms with E-state index in [1.807, 2.05) is 110 Å². The number of carbonyl (C=O) groups excluding carboxylic acids is 3. The fourth-order valence-corrected chi connectivity index (χ4v) is 13.9. The molecule has 7 nitrogen and oxygen atoms in total. The van der Waals surface area contributed by atoms with Crippen molar-refractivity contribution in [2.75, 3.05) is 6.61 Å². The molecule has 4 aromatic rings. The second kappa shape index (κ2) is 17.0. The monoisotopic (exact) mass is 806 g/mol. The van der Waals surface area contributed by atoms with Crippen molar-refractivity contribution in [1.82, 2.24) is 9.88 Å². The number of ketones is 1. The third-order valence-corrected chi connectivity index (χ3v) is 20.6. The van der Waals surface area contributed by atoms with Crippen LogP contribution >= 0.6 is 18.5 Å². The van der Waals surface area contributed by atoms with Gasteiger partial charge in [0.2, 0.25) is 5.91 Å². The van der Waals surface area contributed by atoms with Crippen molar-refractivity contribution in [2.24, 2.45) is 11.8 Å². The number of ether oxygens (including phenoxy) is 1. The minimum atomic E-state index is -3.19. The summed E-state index contributed by atoms with van der Waals surface area (Å²) in [5.41, 5.74) is 1.69. The highest BCUT2D eigenvalue weighted by atomic mass is 35.5. The highest BCUT2D eigenvalue weighted by molar-refractivity contribution is 7.96. The van der Waals surface area contributed by atoms with E-state index in [0.29, 0.717) is 23.6 Å². The zero-order valence-corrected chi connectivity index (χ0v) is 35.8. The summed E-state index contributed by atoms with van der Waals surface area (Å²) >= 11 is 6.25. The summed E-state index contributed by atoms with van der Waals surface area (Å²) in [4.78, 5) is 51.2. The fraction of sp³-hybridized carbons (Fsp3) is 0.326. The van der Waals surface area contributed by atoms with Gasteiger partial charge >= 0.3 is 5.97 Å². The van der Waals surface area contributed by atoms with E-state index in [1.165, 1.54) is 6.08 Å². The molecule has 1 aliphatic heterocycles. The lowest BCUT2D eigenvalue weighted by Gasteiger charge is -2.55. The smallest absolute Gasteiger partial charge is 0.356 e. The summed E-state index contributed by atoms with van der Waals surface area (Å²) in [6.07, 6.45) is 6.39. The quantitative estimate of drug-likeness (QED) is 0.0271. The molecule has 1 aliphatic carbocycles. The van der Waals surface area contributed by atoms with Crippen molar-refractivity contribution in [3.63, 3.8) is 0 Å². The largest absolute Gasteiger partial charge is 0.457 e. The Labute approximate surface area is 337 Å². The number of Topliss-reactive ketones (excluding diaryl/α,β-unsaturated/α-hetero) is 1. The maximum absolute atomic E-state index is 15.4. The number of aromatic nitrogens is 1. The van der Waals surface area contributed by atoms with Crippen LogP contribution in [0.2, 0.25) is 23.3 Å². The summed E-state index contributed by atoms with van der Waals surface area (Å²) in [7, 11) is -2.38. The number of nitrogens with zero attached hydrogens (tertiary/aromatic N) is 2. The molecule has 56 heavy (non-hydrogen) atoms. The standard InChI is InChI=1S/C46H52ClN2O5PSi/c1-8-29-53-45(52)44(55(35-20-12-9-13-21-35,36-22-14-10-15-23-36)37-24-16-11-17-25-37)49-41(40(43(49)51)32(2)54-56(6,7)46(3,4)5)38-26-18-19-34(42(38)50)30-33-27-28-48-39(47)31-33/h8-17,20-25,27-28,30-32,38,40-41H,1,18-19,26,29H2,2-7H3/t32-,38-,40-,41-/m1/s1. The number of rotatable bonds is 12. The van der Waals surface area contributed by atoms with Gasteiger partial charge < -0.3 is 14.1 Å². The molecule has 4 atom stereocenters. The molecule has 1 saturated heterocycles. The zero-order valence-electron chi connectivity index (χ0n) is 33.2. The zero-order chi connectivity index (χ0) is 40.3. The van der Waals surface area contributed by atoms with Crippen LogP contribution in [0.4, 0.5) is 0 Å². The Morgan fingerprint density at radius 2 is 1.52 bits per heavy atom. The van der Waals surface area contributed by atoms with Crippen LogP contribution in [0.3, 0.4) is 0 Å². The van der Waals surface area contributed by atoms with Gasteiger partial charge in [0, 0.05) is 19.0 Å². The lowest BCUT2D eigenvalue weighted by atomic mass is 9.69. The van der Waals surface area contributed by atoms with Crippen LogP contribution < -0.4 is 15.9 Å². The highest BCUT2D eigenvalue weighted by Crippen LogP contribution is 2.52. The van der Waals surface area contributed by atoms with Crippen molar-refractivity contribution in [1.29, 1.82) is 0 Å². The number of benzene rings is 3. The van der Waals surface area contributed by atoms with E-state index in [2.05, 4.69) is 45.4 Å². The number of pyridine rings is 1. The summed E-state index contributed by atoms with van der Waals surface area (Å²) in [5.74, 6) is -2.19. The summed E-state index contributed by atoms with van der Waals surface area (Å²) in [5, 5.41) is 2.87. The third-order valence-electron chi connectivity index (χ3n) is 11.6. The normalized spacial score (nSPS) is 20.3. The maximum Gasteiger partial charge on any atom is 0.356 e. The van der Waals surface area contributed by atoms with Gasteiger partial charge in [0.05, 0.1) is 18.1 Å². The van der Waals surface area contributed by atoms with E-state index in [4.69, 9.17) is 20.8 Å². The minimum absolute atomic E-state index is 0.0434. The topological polar surface area (TPSA) is 85.8 Å². The molecule has 1 amide bonds. The average molecular weight is 807 g/mol. The molecule has 2 fully saturated rings. The number of β-lactam (4-membered cyclic amide) rings is 1. The van der Waals surface area contributed by atoms with Gasteiger partial charge in [0.15, 0.2) is 14.1 Å².